The van der Waals surface area contributed by atoms with Crippen LogP contribution in [0.3, 0.4) is 0 Å². The molecule has 94 valence electrons. The molecule has 0 fully saturated rings. The lowest BCUT2D eigenvalue weighted by atomic mass is 10.2. The van der Waals surface area contributed by atoms with Crippen LogP contribution in [0, 0.1) is 0 Å². The van der Waals surface area contributed by atoms with Crippen molar-refractivity contribution < 1.29 is 19.1 Å². The first-order valence-electron chi connectivity index (χ1n) is 5.31. The van der Waals surface area contributed by atoms with Gasteiger partial charge in [-0.15, -0.1) is 0 Å². The number of oxazole rings is 1. The predicted octanol–water partition coefficient (Wildman–Crippen LogP) is 1.92. The summed E-state index contributed by atoms with van der Waals surface area (Å²) >= 11 is 0. The van der Waals surface area contributed by atoms with Crippen molar-refractivity contribution in [3.63, 3.8) is 0 Å². The first-order valence-corrected chi connectivity index (χ1v) is 5.31. The van der Waals surface area contributed by atoms with E-state index in [0.29, 0.717) is 5.69 Å². The van der Waals surface area contributed by atoms with Gasteiger partial charge in [-0.3, -0.25) is 0 Å². The average Bonchev–Trinajstić information content (AvgIpc) is 2.85. The summed E-state index contributed by atoms with van der Waals surface area (Å²) in [5, 5.41) is 11.1. The van der Waals surface area contributed by atoms with Crippen molar-refractivity contribution in [2.45, 2.75) is 13.2 Å². The molecular weight excluding hydrogens is 236 g/mol. The van der Waals surface area contributed by atoms with Gasteiger partial charge in [-0.25, -0.2) is 10.1 Å². The van der Waals surface area contributed by atoms with E-state index in [0.717, 1.165) is 5.56 Å². The van der Waals surface area contributed by atoms with Crippen LogP contribution in [-0.2, 0) is 18.0 Å². The Labute approximate surface area is 103 Å². The molecule has 1 amide bonds. The van der Waals surface area contributed by atoms with Crippen molar-refractivity contribution in [3.8, 4) is 0 Å². The molecule has 18 heavy (non-hydrogen) atoms. The summed E-state index contributed by atoms with van der Waals surface area (Å²) in [6.45, 7) is -0.0789. The van der Waals surface area contributed by atoms with Gasteiger partial charge in [0.25, 0.3) is 0 Å². The SMILES string of the molecule is O=C(Nc1nc(CO)co1)OCc1ccccc1. The number of benzene rings is 1. The van der Waals surface area contributed by atoms with E-state index in [2.05, 4.69) is 10.3 Å². The number of nitrogens with one attached hydrogen (secondary N) is 1. The molecule has 2 N–H and O–H groups in total. The third-order valence-corrected chi connectivity index (χ3v) is 2.14. The van der Waals surface area contributed by atoms with E-state index in [1.807, 2.05) is 30.3 Å². The fraction of sp³-hybridized carbons (Fsp3) is 0.167. The molecule has 0 bridgehead atoms. The first kappa shape index (κ1) is 12.1. The fourth-order valence-corrected chi connectivity index (χ4v) is 1.28. The van der Waals surface area contributed by atoms with Crippen molar-refractivity contribution >= 4 is 12.1 Å². The molecule has 6 heteroatoms. The maximum absolute atomic E-state index is 11.4. The Balaban J connectivity index is 1.82. The van der Waals surface area contributed by atoms with Crippen LogP contribution in [-0.4, -0.2) is 16.2 Å². The molecule has 0 spiro atoms. The number of aromatic nitrogens is 1. The lowest BCUT2D eigenvalue weighted by molar-refractivity contribution is 0.154. The van der Waals surface area contributed by atoms with Gasteiger partial charge in [-0.05, 0) is 5.56 Å². The van der Waals surface area contributed by atoms with Crippen LogP contribution in [0.15, 0.2) is 41.0 Å². The van der Waals surface area contributed by atoms with Crippen LogP contribution >= 0.6 is 0 Å². The summed E-state index contributed by atoms with van der Waals surface area (Å²) in [5.41, 5.74) is 1.23. The van der Waals surface area contributed by atoms with Crippen molar-refractivity contribution in [1.82, 2.24) is 4.98 Å². The van der Waals surface area contributed by atoms with Crippen molar-refractivity contribution in [3.05, 3.63) is 47.9 Å². The Morgan fingerprint density at radius 2 is 2.17 bits per heavy atom. The number of aliphatic hydroxyl groups is 1. The van der Waals surface area contributed by atoms with Crippen LogP contribution in [0.25, 0.3) is 0 Å². The summed E-state index contributed by atoms with van der Waals surface area (Å²) in [7, 11) is 0. The lowest BCUT2D eigenvalue weighted by Gasteiger charge is -2.03. The van der Waals surface area contributed by atoms with Crippen molar-refractivity contribution in [2.24, 2.45) is 0 Å². The van der Waals surface area contributed by atoms with Crippen molar-refractivity contribution in [1.29, 1.82) is 0 Å². The molecule has 1 aromatic heterocycles. The number of carbonyl (C=O) groups is 1. The summed E-state index contributed by atoms with van der Waals surface area (Å²) in [6.07, 6.45) is 0.595. The number of nitrogens with zero attached hydrogens (tertiary/aromatic N) is 1. The van der Waals surface area contributed by atoms with Gasteiger partial charge in [0.2, 0.25) is 0 Å². The smallest absolute Gasteiger partial charge is 0.415 e. The van der Waals surface area contributed by atoms with Gasteiger partial charge in [-0.1, -0.05) is 30.3 Å². The van der Waals surface area contributed by atoms with E-state index in [-0.39, 0.29) is 19.2 Å². The normalized spacial score (nSPS) is 10.1. The number of ether oxygens (including phenoxy) is 1. The summed E-state index contributed by atoms with van der Waals surface area (Å²) < 4.78 is 9.86. The van der Waals surface area contributed by atoms with Crippen LogP contribution in [0.4, 0.5) is 10.8 Å². The zero-order valence-electron chi connectivity index (χ0n) is 9.50. The maximum atomic E-state index is 11.4. The second-order valence-electron chi connectivity index (χ2n) is 3.49. The minimum absolute atomic E-state index is 0.00267. The molecule has 0 aliphatic rings. The number of rotatable bonds is 4. The number of hydrogen-bond donors (Lipinski definition) is 2. The molecule has 1 aromatic carbocycles. The summed E-state index contributed by atoms with van der Waals surface area (Å²) in [6, 6.07) is 9.30. The number of aliphatic hydroxyl groups excluding tert-OH is 1. The fourth-order valence-electron chi connectivity index (χ4n) is 1.28. The van der Waals surface area contributed by atoms with E-state index >= 15 is 0 Å². The number of anilines is 1. The van der Waals surface area contributed by atoms with Crippen LogP contribution < -0.4 is 5.32 Å². The van der Waals surface area contributed by atoms with Gasteiger partial charge in [-0.2, -0.15) is 4.98 Å². The number of amides is 1. The Morgan fingerprint density at radius 1 is 1.39 bits per heavy atom. The van der Waals surface area contributed by atoms with Gasteiger partial charge in [0.1, 0.15) is 18.6 Å². The Morgan fingerprint density at radius 3 is 2.83 bits per heavy atom. The highest BCUT2D eigenvalue weighted by molar-refractivity contribution is 5.81. The van der Waals surface area contributed by atoms with Crippen LogP contribution in [0.1, 0.15) is 11.3 Å². The zero-order valence-corrected chi connectivity index (χ0v) is 9.50. The third kappa shape index (κ3) is 3.33. The maximum Gasteiger partial charge on any atom is 0.415 e. The summed E-state index contributed by atoms with van der Waals surface area (Å²) in [5.74, 6) is 0. The Bertz CT molecular complexity index is 510. The molecule has 0 unspecified atom stereocenters. The minimum atomic E-state index is -0.662. The topological polar surface area (TPSA) is 84.6 Å². The Kier molecular flexibility index (Phi) is 3.93. The molecule has 0 radical (unpaired) electrons. The quantitative estimate of drug-likeness (QED) is 0.863. The highest BCUT2D eigenvalue weighted by Gasteiger charge is 2.08. The molecule has 2 rings (SSSR count). The molecular formula is C12H12N2O4. The van der Waals surface area contributed by atoms with Crippen LogP contribution in [0.5, 0.6) is 0 Å². The van der Waals surface area contributed by atoms with Gasteiger partial charge in [0, 0.05) is 0 Å². The standard InChI is InChI=1S/C12H12N2O4/c15-6-10-8-17-11(13-10)14-12(16)18-7-9-4-2-1-3-5-9/h1-5,8,15H,6-7H2,(H,13,14,16). The van der Waals surface area contributed by atoms with Crippen molar-refractivity contribution in [2.75, 3.05) is 5.32 Å². The molecule has 6 nitrogen and oxygen atoms in total. The second kappa shape index (κ2) is 5.83. The summed E-state index contributed by atoms with van der Waals surface area (Å²) in [4.78, 5) is 15.2. The third-order valence-electron chi connectivity index (χ3n) is 2.14. The molecule has 0 aliphatic carbocycles. The lowest BCUT2D eigenvalue weighted by Crippen LogP contribution is -2.13. The van der Waals surface area contributed by atoms with Crippen LogP contribution in [0.2, 0.25) is 0 Å². The van der Waals surface area contributed by atoms with Gasteiger partial charge >= 0.3 is 12.1 Å². The highest BCUT2D eigenvalue weighted by Crippen LogP contribution is 2.08. The molecule has 0 saturated carbocycles. The van der Waals surface area contributed by atoms with Gasteiger partial charge in [0.05, 0.1) is 6.61 Å². The minimum Gasteiger partial charge on any atom is -0.444 e. The van der Waals surface area contributed by atoms with E-state index in [1.54, 1.807) is 0 Å². The number of hydrogen-bond acceptors (Lipinski definition) is 5. The largest absolute Gasteiger partial charge is 0.444 e. The predicted molar refractivity (Wildman–Crippen MR) is 62.7 cm³/mol. The molecule has 0 saturated heterocycles. The molecule has 0 atom stereocenters. The van der Waals surface area contributed by atoms with E-state index in [9.17, 15) is 4.79 Å². The van der Waals surface area contributed by atoms with Gasteiger partial charge in [0.15, 0.2) is 0 Å². The van der Waals surface area contributed by atoms with Gasteiger partial charge < -0.3 is 14.3 Å². The first-order chi connectivity index (χ1) is 8.78. The molecule has 2 aromatic rings. The number of carbonyl (C=O) groups excluding carboxylic acids is 1. The van der Waals surface area contributed by atoms with E-state index in [1.165, 1.54) is 6.26 Å². The Hall–Kier alpha value is -2.34. The highest BCUT2D eigenvalue weighted by atomic mass is 16.6. The molecule has 0 aliphatic heterocycles. The molecule has 1 heterocycles. The monoisotopic (exact) mass is 248 g/mol. The van der Waals surface area contributed by atoms with E-state index in [4.69, 9.17) is 14.3 Å². The second-order valence-corrected chi connectivity index (χ2v) is 3.49. The zero-order chi connectivity index (χ0) is 12.8. The van der Waals surface area contributed by atoms with E-state index < -0.39 is 6.09 Å². The average molecular weight is 248 g/mol.